The van der Waals surface area contributed by atoms with E-state index in [1.165, 1.54) is 0 Å². The molecule has 2 heteroatoms. The maximum Gasteiger partial charge on any atom is 0.147 e. The Balaban J connectivity index is 3.01. The van der Waals surface area contributed by atoms with Gasteiger partial charge in [-0.1, -0.05) is 0 Å². The molecule has 1 heterocycles. The summed E-state index contributed by atoms with van der Waals surface area (Å²) >= 11 is 0. The van der Waals surface area contributed by atoms with Gasteiger partial charge in [-0.25, -0.2) is 4.39 Å². The normalized spacial score (nSPS) is 10.1. The molecule has 0 fully saturated rings. The Hall–Kier alpha value is -0.790. The Morgan fingerprint density at radius 2 is 2.22 bits per heavy atom. The molecule has 0 aliphatic rings. The van der Waals surface area contributed by atoms with Gasteiger partial charge >= 0.3 is 0 Å². The molecule has 1 nitrogen and oxygen atoms in total. The monoisotopic (exact) mass is 128 g/mol. The van der Waals surface area contributed by atoms with E-state index < -0.39 is 6.67 Å². The molecular formula is C7H9FO. The van der Waals surface area contributed by atoms with E-state index in [-0.39, 0.29) is 0 Å². The molecule has 0 unspecified atom stereocenters. The maximum absolute atomic E-state index is 11.9. The second kappa shape index (κ2) is 2.21. The highest BCUT2D eigenvalue weighted by atomic mass is 19.1. The number of furan rings is 1. The van der Waals surface area contributed by atoms with Crippen molar-refractivity contribution in [1.29, 1.82) is 0 Å². The number of hydrogen-bond acceptors (Lipinski definition) is 1. The lowest BCUT2D eigenvalue weighted by molar-refractivity contribution is 0.381. The quantitative estimate of drug-likeness (QED) is 0.565. The van der Waals surface area contributed by atoms with Gasteiger partial charge in [0.25, 0.3) is 0 Å². The van der Waals surface area contributed by atoms with Crippen molar-refractivity contribution in [3.63, 3.8) is 0 Å². The van der Waals surface area contributed by atoms with Crippen LogP contribution in [-0.2, 0) is 6.67 Å². The molecule has 0 atom stereocenters. The van der Waals surface area contributed by atoms with Gasteiger partial charge in [0.15, 0.2) is 0 Å². The second-order valence-electron chi connectivity index (χ2n) is 2.10. The fraction of sp³-hybridized carbons (Fsp3) is 0.429. The standard InChI is InChI=1S/C7H9FO/c1-5-3-6(2)9-7(5)4-8/h3H,4H2,1-2H3. The molecule has 0 saturated carbocycles. The molecule has 0 N–H and O–H groups in total. The number of rotatable bonds is 1. The summed E-state index contributed by atoms with van der Waals surface area (Å²) in [6.45, 7) is 3.15. The average molecular weight is 128 g/mol. The number of hydrogen-bond donors (Lipinski definition) is 0. The Bertz CT molecular complexity index is 203. The minimum atomic E-state index is -0.500. The summed E-state index contributed by atoms with van der Waals surface area (Å²) in [6.07, 6.45) is 0. The summed E-state index contributed by atoms with van der Waals surface area (Å²) in [4.78, 5) is 0. The zero-order valence-electron chi connectivity index (χ0n) is 5.57. The molecular weight excluding hydrogens is 119 g/mol. The van der Waals surface area contributed by atoms with Crippen LogP contribution >= 0.6 is 0 Å². The molecule has 9 heavy (non-hydrogen) atoms. The van der Waals surface area contributed by atoms with Gasteiger partial charge in [0.2, 0.25) is 0 Å². The van der Waals surface area contributed by atoms with Gasteiger partial charge in [-0.05, 0) is 25.5 Å². The van der Waals surface area contributed by atoms with Gasteiger partial charge in [-0.2, -0.15) is 0 Å². The molecule has 0 spiro atoms. The molecule has 0 saturated heterocycles. The fourth-order valence-corrected chi connectivity index (χ4v) is 0.822. The van der Waals surface area contributed by atoms with Crippen LogP contribution in [0.25, 0.3) is 0 Å². The van der Waals surface area contributed by atoms with Crippen LogP contribution in [0.1, 0.15) is 17.1 Å². The van der Waals surface area contributed by atoms with Gasteiger partial charge < -0.3 is 4.42 Å². The molecule has 1 aromatic heterocycles. The molecule has 1 rings (SSSR count). The van der Waals surface area contributed by atoms with Crippen LogP contribution in [0, 0.1) is 13.8 Å². The highest BCUT2D eigenvalue weighted by Crippen LogP contribution is 2.13. The van der Waals surface area contributed by atoms with E-state index in [4.69, 9.17) is 4.42 Å². The van der Waals surface area contributed by atoms with E-state index in [2.05, 4.69) is 0 Å². The second-order valence-corrected chi connectivity index (χ2v) is 2.10. The minimum Gasteiger partial charge on any atom is -0.463 e. The number of halogens is 1. The third kappa shape index (κ3) is 1.12. The Kier molecular flexibility index (Phi) is 1.56. The first-order valence-corrected chi connectivity index (χ1v) is 2.86. The lowest BCUT2D eigenvalue weighted by atomic mass is 10.3. The largest absolute Gasteiger partial charge is 0.463 e. The van der Waals surface area contributed by atoms with Crippen molar-refractivity contribution >= 4 is 0 Å². The van der Waals surface area contributed by atoms with Crippen LogP contribution in [0.2, 0.25) is 0 Å². The topological polar surface area (TPSA) is 13.1 Å². The molecule has 1 aromatic rings. The van der Waals surface area contributed by atoms with E-state index in [0.717, 1.165) is 11.3 Å². The van der Waals surface area contributed by atoms with Crippen LogP contribution < -0.4 is 0 Å². The van der Waals surface area contributed by atoms with Crippen LogP contribution in [0.4, 0.5) is 4.39 Å². The smallest absolute Gasteiger partial charge is 0.147 e. The predicted octanol–water partition coefficient (Wildman–Crippen LogP) is 2.37. The number of aryl methyl sites for hydroxylation is 2. The van der Waals surface area contributed by atoms with Crippen LogP contribution in [0.3, 0.4) is 0 Å². The lowest BCUT2D eigenvalue weighted by Gasteiger charge is -1.85. The van der Waals surface area contributed by atoms with Gasteiger partial charge in [0.1, 0.15) is 18.2 Å². The van der Waals surface area contributed by atoms with Crippen molar-refractivity contribution < 1.29 is 8.81 Å². The molecule has 0 aliphatic heterocycles. The third-order valence-corrected chi connectivity index (χ3v) is 1.27. The molecule has 0 bridgehead atoms. The maximum atomic E-state index is 11.9. The lowest BCUT2D eigenvalue weighted by Crippen LogP contribution is -1.73. The van der Waals surface area contributed by atoms with Crippen molar-refractivity contribution in [1.82, 2.24) is 0 Å². The summed E-state index contributed by atoms with van der Waals surface area (Å²) in [5.41, 5.74) is 0.898. The molecule has 0 aliphatic carbocycles. The van der Waals surface area contributed by atoms with Crippen molar-refractivity contribution in [2.45, 2.75) is 20.5 Å². The van der Waals surface area contributed by atoms with Gasteiger partial charge in [-0.15, -0.1) is 0 Å². The van der Waals surface area contributed by atoms with E-state index >= 15 is 0 Å². The first-order chi connectivity index (χ1) is 4.24. The first kappa shape index (κ1) is 6.33. The minimum absolute atomic E-state index is 0.451. The molecule has 50 valence electrons. The van der Waals surface area contributed by atoms with Crippen molar-refractivity contribution in [3.05, 3.63) is 23.2 Å². The number of alkyl halides is 1. The van der Waals surface area contributed by atoms with Crippen molar-refractivity contribution in [2.24, 2.45) is 0 Å². The van der Waals surface area contributed by atoms with Crippen LogP contribution in [0.15, 0.2) is 10.5 Å². The van der Waals surface area contributed by atoms with Crippen LogP contribution in [0.5, 0.6) is 0 Å². The highest BCUT2D eigenvalue weighted by molar-refractivity contribution is 5.18. The van der Waals surface area contributed by atoms with E-state index in [1.54, 1.807) is 0 Å². The van der Waals surface area contributed by atoms with Gasteiger partial charge in [-0.3, -0.25) is 0 Å². The van der Waals surface area contributed by atoms with Crippen LogP contribution in [-0.4, -0.2) is 0 Å². The Morgan fingerprint density at radius 3 is 2.44 bits per heavy atom. The summed E-state index contributed by atoms with van der Waals surface area (Å²) < 4.78 is 16.9. The van der Waals surface area contributed by atoms with E-state index in [1.807, 2.05) is 19.9 Å². The molecule has 0 amide bonds. The fourth-order valence-electron chi connectivity index (χ4n) is 0.822. The highest BCUT2D eigenvalue weighted by Gasteiger charge is 2.01. The SMILES string of the molecule is Cc1cc(C)c(CF)o1. The van der Waals surface area contributed by atoms with Gasteiger partial charge in [0.05, 0.1) is 0 Å². The Morgan fingerprint density at radius 1 is 1.56 bits per heavy atom. The van der Waals surface area contributed by atoms with Gasteiger partial charge in [0, 0.05) is 0 Å². The summed E-state index contributed by atoms with van der Waals surface area (Å²) in [7, 11) is 0. The zero-order chi connectivity index (χ0) is 6.85. The average Bonchev–Trinajstić information content (AvgIpc) is 2.10. The zero-order valence-corrected chi connectivity index (χ0v) is 5.57. The predicted molar refractivity (Wildman–Crippen MR) is 33.0 cm³/mol. The molecule has 0 radical (unpaired) electrons. The summed E-state index contributed by atoms with van der Waals surface area (Å²) in [6, 6.07) is 1.83. The first-order valence-electron chi connectivity index (χ1n) is 2.86. The third-order valence-electron chi connectivity index (χ3n) is 1.27. The summed E-state index contributed by atoms with van der Waals surface area (Å²) in [5, 5.41) is 0. The van der Waals surface area contributed by atoms with E-state index in [9.17, 15) is 4.39 Å². The molecule has 0 aromatic carbocycles. The van der Waals surface area contributed by atoms with Crippen molar-refractivity contribution in [2.75, 3.05) is 0 Å². The van der Waals surface area contributed by atoms with Crippen molar-refractivity contribution in [3.8, 4) is 0 Å². The summed E-state index contributed by atoms with van der Waals surface area (Å²) in [5.74, 6) is 1.23. The van der Waals surface area contributed by atoms with E-state index in [0.29, 0.717) is 5.76 Å². The Labute approximate surface area is 53.5 Å².